The third kappa shape index (κ3) is 5.64. The van der Waals surface area contributed by atoms with Crippen LogP contribution in [-0.4, -0.2) is 26.5 Å². The van der Waals surface area contributed by atoms with E-state index in [1.54, 1.807) is 12.4 Å². The van der Waals surface area contributed by atoms with E-state index in [-0.39, 0.29) is 44.0 Å². The van der Waals surface area contributed by atoms with E-state index in [2.05, 4.69) is 119 Å². The Labute approximate surface area is 296 Å². The van der Waals surface area contributed by atoms with E-state index in [9.17, 15) is 0 Å². The molecule has 4 heterocycles. The van der Waals surface area contributed by atoms with Crippen LogP contribution in [0.4, 0.5) is 0 Å². The zero-order valence-corrected chi connectivity index (χ0v) is 30.6. The van der Waals surface area contributed by atoms with Crippen LogP contribution in [-0.2, 0) is 43.1 Å². The predicted molar refractivity (Wildman–Crippen MR) is 187 cm³/mol. The van der Waals surface area contributed by atoms with Gasteiger partial charge in [0.1, 0.15) is 23.7 Å². The van der Waals surface area contributed by atoms with Crippen LogP contribution >= 0.6 is 0 Å². The van der Waals surface area contributed by atoms with Crippen molar-refractivity contribution < 1.29 is 30.5 Å². The van der Waals surface area contributed by atoms with Crippen LogP contribution in [0.15, 0.2) is 84.2 Å². The van der Waals surface area contributed by atoms with Gasteiger partial charge >= 0.3 is 21.1 Å². The van der Waals surface area contributed by atoms with Gasteiger partial charge in [-0.1, -0.05) is 94.9 Å². The van der Waals surface area contributed by atoms with Crippen LogP contribution in [0.3, 0.4) is 0 Å². The van der Waals surface area contributed by atoms with Gasteiger partial charge in [-0.3, -0.25) is 4.99 Å². The molecule has 6 nitrogen and oxygen atoms in total. The smallest absolute Gasteiger partial charge is 0.514 e. The molecule has 0 spiro atoms. The van der Waals surface area contributed by atoms with Crippen molar-refractivity contribution in [3.05, 3.63) is 125 Å². The number of pyridine rings is 2. The SMILES string of the molecule is Cc1ccc2c(c1)c1cccnc1n2-c1[c-]c(Oc2[c-]c(C3=N[C@@H]4c5ccc(C(C)(C)C)cc5C[C@@H]4O3)cnc2)cc(C(C)(C)C)c1.[Pt+2]. The summed E-state index contributed by atoms with van der Waals surface area (Å²) in [5.74, 6) is 1.61. The van der Waals surface area contributed by atoms with Crippen LogP contribution < -0.4 is 4.74 Å². The first-order valence-corrected chi connectivity index (χ1v) is 16.3. The second-order valence-corrected chi connectivity index (χ2v) is 14.9. The molecule has 244 valence electrons. The maximum Gasteiger partial charge on any atom is 2.00 e. The molecule has 2 atom stereocenters. The van der Waals surface area contributed by atoms with E-state index in [4.69, 9.17) is 19.5 Å². The van der Waals surface area contributed by atoms with Gasteiger partial charge in [0.15, 0.2) is 0 Å². The Kier molecular flexibility index (Phi) is 7.87. The summed E-state index contributed by atoms with van der Waals surface area (Å²) in [6.45, 7) is 15.5. The zero-order chi connectivity index (χ0) is 32.7. The topological polar surface area (TPSA) is 61.5 Å². The molecule has 1 aliphatic heterocycles. The summed E-state index contributed by atoms with van der Waals surface area (Å²) in [7, 11) is 0. The van der Waals surface area contributed by atoms with Crippen molar-refractivity contribution >= 4 is 27.8 Å². The van der Waals surface area contributed by atoms with E-state index < -0.39 is 0 Å². The third-order valence-electron chi connectivity index (χ3n) is 9.34. The Morgan fingerprint density at radius 3 is 2.46 bits per heavy atom. The molecule has 2 aliphatic rings. The van der Waals surface area contributed by atoms with Crippen LogP contribution in [0.5, 0.6) is 11.5 Å². The quantitative estimate of drug-likeness (QED) is 0.167. The zero-order valence-electron chi connectivity index (χ0n) is 28.3. The molecule has 0 N–H and O–H groups in total. The van der Waals surface area contributed by atoms with Crippen molar-refractivity contribution in [1.29, 1.82) is 0 Å². The van der Waals surface area contributed by atoms with E-state index in [1.165, 1.54) is 22.3 Å². The standard InChI is InChI=1S/C41H38N4O2.Pt/c1-24-10-13-35-34(15-24)33-9-8-14-43-38(33)45(35)29-19-28(41(5,6)7)20-30(21-29)46-31-17-26(22-42-23-31)39-44-37-32-12-11-27(40(2,3)4)16-25(32)18-36(37)47-39;/h8-16,19-20,22-23,36-37H,18H2,1-7H3;/q-2;+2/t36-,37+;/m0./s1. The van der Waals surface area contributed by atoms with Crippen LogP contribution in [0.25, 0.3) is 27.6 Å². The minimum absolute atomic E-state index is 0. The van der Waals surface area contributed by atoms with Crippen molar-refractivity contribution in [1.82, 2.24) is 14.5 Å². The Hall–Kier alpha value is -4.28. The van der Waals surface area contributed by atoms with E-state index in [0.29, 0.717) is 23.0 Å². The molecule has 0 saturated heterocycles. The fraction of sp³-hybridized carbons (Fsp3) is 0.293. The molecular formula is C41H38N4O2Pt. The molecule has 0 fully saturated rings. The summed E-state index contributed by atoms with van der Waals surface area (Å²) in [4.78, 5) is 14.3. The molecular weight excluding hydrogens is 776 g/mol. The third-order valence-corrected chi connectivity index (χ3v) is 9.34. The van der Waals surface area contributed by atoms with E-state index >= 15 is 0 Å². The first-order chi connectivity index (χ1) is 22.4. The summed E-state index contributed by atoms with van der Waals surface area (Å²) in [6, 6.07) is 28.5. The average molecular weight is 814 g/mol. The Morgan fingerprint density at radius 2 is 1.67 bits per heavy atom. The molecule has 7 heteroatoms. The molecule has 3 aromatic carbocycles. The van der Waals surface area contributed by atoms with Gasteiger partial charge in [0.2, 0.25) is 0 Å². The maximum atomic E-state index is 6.47. The first kappa shape index (κ1) is 32.3. The van der Waals surface area contributed by atoms with Crippen molar-refractivity contribution in [3.63, 3.8) is 0 Å². The second-order valence-electron chi connectivity index (χ2n) is 14.9. The number of ether oxygens (including phenoxy) is 2. The fourth-order valence-corrected chi connectivity index (χ4v) is 6.75. The van der Waals surface area contributed by atoms with Crippen molar-refractivity contribution in [2.24, 2.45) is 4.99 Å². The normalized spacial score (nSPS) is 17.1. The summed E-state index contributed by atoms with van der Waals surface area (Å²) in [6.07, 6.45) is 6.07. The minimum Gasteiger partial charge on any atom is -0.514 e. The molecule has 8 rings (SSSR count). The van der Waals surface area contributed by atoms with Gasteiger partial charge in [-0.2, -0.15) is 0 Å². The number of rotatable bonds is 4. The van der Waals surface area contributed by atoms with Gasteiger partial charge in [0, 0.05) is 29.1 Å². The number of hydrogen-bond donors (Lipinski definition) is 0. The van der Waals surface area contributed by atoms with E-state index in [0.717, 1.165) is 39.6 Å². The molecule has 0 radical (unpaired) electrons. The molecule has 0 amide bonds. The Bertz CT molecular complexity index is 2240. The Morgan fingerprint density at radius 1 is 0.854 bits per heavy atom. The molecule has 48 heavy (non-hydrogen) atoms. The monoisotopic (exact) mass is 813 g/mol. The maximum absolute atomic E-state index is 6.47. The molecule has 3 aromatic heterocycles. The summed E-state index contributed by atoms with van der Waals surface area (Å²) >= 11 is 0. The van der Waals surface area contributed by atoms with Gasteiger partial charge in [0.25, 0.3) is 0 Å². The average Bonchev–Trinajstić information content (AvgIpc) is 3.69. The fourth-order valence-electron chi connectivity index (χ4n) is 6.75. The van der Waals surface area contributed by atoms with E-state index in [1.807, 2.05) is 18.3 Å². The molecule has 6 aromatic rings. The summed E-state index contributed by atoms with van der Waals surface area (Å²) in [5.41, 5.74) is 9.70. The first-order valence-electron chi connectivity index (χ1n) is 16.3. The predicted octanol–water partition coefficient (Wildman–Crippen LogP) is 9.31. The minimum atomic E-state index is -0.136. The van der Waals surface area contributed by atoms with Crippen LogP contribution in [0.1, 0.15) is 81.0 Å². The number of fused-ring (bicyclic) bond motifs is 6. The van der Waals surface area contributed by atoms with Crippen molar-refractivity contribution in [2.75, 3.05) is 0 Å². The Balaban J connectivity index is 0.00000364. The summed E-state index contributed by atoms with van der Waals surface area (Å²) in [5, 5.41) is 2.27. The second kappa shape index (κ2) is 11.7. The number of benzene rings is 3. The summed E-state index contributed by atoms with van der Waals surface area (Å²) < 4.78 is 15.1. The van der Waals surface area contributed by atoms with Gasteiger partial charge < -0.3 is 19.0 Å². The molecule has 0 saturated carbocycles. The molecule has 1 aliphatic carbocycles. The van der Waals surface area contributed by atoms with Gasteiger partial charge in [0.05, 0.1) is 11.3 Å². The van der Waals surface area contributed by atoms with Crippen LogP contribution in [0, 0.1) is 19.1 Å². The number of nitrogens with zero attached hydrogens (tertiary/aromatic N) is 4. The largest absolute Gasteiger partial charge is 2.00 e. The van der Waals surface area contributed by atoms with Gasteiger partial charge in [-0.05, 0) is 64.9 Å². The van der Waals surface area contributed by atoms with Crippen molar-refractivity contribution in [3.8, 4) is 17.2 Å². The van der Waals surface area contributed by atoms with Crippen molar-refractivity contribution in [2.45, 2.75) is 77.9 Å². The molecule has 0 unspecified atom stereocenters. The number of aryl methyl sites for hydroxylation is 1. The van der Waals surface area contributed by atoms with Gasteiger partial charge in [-0.15, -0.1) is 23.8 Å². The number of hydrogen-bond acceptors (Lipinski definition) is 5. The van der Waals surface area contributed by atoms with Gasteiger partial charge in [-0.25, -0.2) is 4.98 Å². The number of aliphatic imine (C=N–C) groups is 1. The molecule has 0 bridgehead atoms. The van der Waals surface area contributed by atoms with Crippen LogP contribution in [0.2, 0.25) is 0 Å². The number of aromatic nitrogens is 3.